The first-order valence-corrected chi connectivity index (χ1v) is 9.29. The van der Waals surface area contributed by atoms with Crippen LogP contribution in [0.4, 0.5) is 5.69 Å². The summed E-state index contributed by atoms with van der Waals surface area (Å²) in [6, 6.07) is 13.2. The minimum absolute atomic E-state index is 0.0526. The first-order valence-electron chi connectivity index (χ1n) is 9.29. The zero-order valence-corrected chi connectivity index (χ0v) is 17.1. The summed E-state index contributed by atoms with van der Waals surface area (Å²) in [5.74, 6) is 1.46. The summed E-state index contributed by atoms with van der Waals surface area (Å²) in [5.41, 5.74) is 2.73. The lowest BCUT2D eigenvalue weighted by atomic mass is 10.0. The largest absolute Gasteiger partial charge is 0.493 e. The molecule has 0 aliphatic carbocycles. The molecule has 0 heterocycles. The van der Waals surface area contributed by atoms with Crippen molar-refractivity contribution in [2.24, 2.45) is 5.16 Å². The van der Waals surface area contributed by atoms with Gasteiger partial charge in [0.1, 0.15) is 0 Å². The van der Waals surface area contributed by atoms with Crippen LogP contribution in [-0.2, 0) is 9.63 Å². The third-order valence-corrected chi connectivity index (χ3v) is 3.88. The minimum Gasteiger partial charge on any atom is -0.493 e. The normalized spacial score (nSPS) is 11.1. The number of oxime groups is 1. The lowest BCUT2D eigenvalue weighted by Gasteiger charge is -2.13. The molecule has 0 saturated heterocycles. The molecule has 150 valence electrons. The number of amides is 1. The van der Waals surface area contributed by atoms with Crippen LogP contribution in [0.25, 0.3) is 0 Å². The second kappa shape index (κ2) is 10.3. The molecule has 0 aromatic heterocycles. The van der Waals surface area contributed by atoms with Crippen LogP contribution in [0.3, 0.4) is 0 Å². The van der Waals surface area contributed by atoms with Gasteiger partial charge in [-0.05, 0) is 55.7 Å². The van der Waals surface area contributed by atoms with Crippen LogP contribution < -0.4 is 14.8 Å². The Labute approximate surface area is 166 Å². The van der Waals surface area contributed by atoms with Gasteiger partial charge in [0.2, 0.25) is 0 Å². The van der Waals surface area contributed by atoms with E-state index in [0.29, 0.717) is 17.4 Å². The van der Waals surface area contributed by atoms with E-state index in [-0.39, 0.29) is 18.6 Å². The summed E-state index contributed by atoms with van der Waals surface area (Å²) in [7, 11) is 1.58. The smallest absolute Gasteiger partial charge is 0.265 e. The molecule has 2 aromatic carbocycles. The Morgan fingerprint density at radius 1 is 1.07 bits per heavy atom. The van der Waals surface area contributed by atoms with Gasteiger partial charge >= 0.3 is 0 Å². The van der Waals surface area contributed by atoms with Crippen molar-refractivity contribution in [1.82, 2.24) is 0 Å². The fraction of sp³-hybridized carbons (Fsp3) is 0.364. The lowest BCUT2D eigenvalue weighted by Crippen LogP contribution is -2.16. The average Bonchev–Trinajstić information content (AvgIpc) is 2.66. The Balaban J connectivity index is 1.85. The molecule has 2 rings (SSSR count). The van der Waals surface area contributed by atoms with Crippen molar-refractivity contribution in [2.75, 3.05) is 19.0 Å². The molecule has 0 saturated carbocycles. The Hall–Kier alpha value is -3.02. The van der Waals surface area contributed by atoms with Crippen molar-refractivity contribution in [3.63, 3.8) is 0 Å². The molecule has 28 heavy (non-hydrogen) atoms. The zero-order valence-electron chi connectivity index (χ0n) is 17.1. The Bertz CT molecular complexity index is 799. The van der Waals surface area contributed by atoms with Gasteiger partial charge < -0.3 is 19.6 Å². The van der Waals surface area contributed by atoms with Gasteiger partial charge in [-0.15, -0.1) is 0 Å². The number of hydrogen-bond acceptors (Lipinski definition) is 5. The topological polar surface area (TPSA) is 69.2 Å². The molecular weight excluding hydrogens is 356 g/mol. The van der Waals surface area contributed by atoms with E-state index in [4.69, 9.17) is 14.3 Å². The van der Waals surface area contributed by atoms with Crippen LogP contribution in [0.5, 0.6) is 11.5 Å². The highest BCUT2D eigenvalue weighted by Gasteiger charge is 2.07. The SMILES string of the molecule is COc1cc(/C=N\OCC(=O)Nc2ccc(C(C)C)cc2)ccc1OC(C)C. The molecule has 0 atom stereocenters. The van der Waals surface area contributed by atoms with E-state index in [1.165, 1.54) is 11.8 Å². The van der Waals surface area contributed by atoms with E-state index in [1.807, 2.05) is 50.2 Å². The number of methoxy groups -OCH3 is 1. The molecule has 1 N–H and O–H groups in total. The van der Waals surface area contributed by atoms with E-state index in [9.17, 15) is 4.79 Å². The molecule has 2 aromatic rings. The fourth-order valence-corrected chi connectivity index (χ4v) is 2.46. The number of rotatable bonds is 9. The lowest BCUT2D eigenvalue weighted by molar-refractivity contribution is -0.120. The van der Waals surface area contributed by atoms with Gasteiger partial charge in [0.25, 0.3) is 5.91 Å². The maximum atomic E-state index is 11.9. The molecule has 0 fully saturated rings. The summed E-state index contributed by atoms with van der Waals surface area (Å²) in [4.78, 5) is 17.0. The van der Waals surface area contributed by atoms with Crippen molar-refractivity contribution in [3.05, 3.63) is 53.6 Å². The molecule has 1 amide bonds. The summed E-state index contributed by atoms with van der Waals surface area (Å²) < 4.78 is 11.0. The van der Waals surface area contributed by atoms with Crippen LogP contribution in [0.15, 0.2) is 47.6 Å². The molecule has 6 heteroatoms. The summed E-state index contributed by atoms with van der Waals surface area (Å²) in [6.45, 7) is 7.98. The first-order chi connectivity index (χ1) is 13.4. The number of hydrogen-bond donors (Lipinski definition) is 1. The molecular formula is C22H28N2O4. The van der Waals surface area contributed by atoms with E-state index < -0.39 is 0 Å². The van der Waals surface area contributed by atoms with E-state index in [0.717, 1.165) is 11.3 Å². The van der Waals surface area contributed by atoms with Gasteiger partial charge in [-0.2, -0.15) is 0 Å². The molecule has 0 radical (unpaired) electrons. The summed E-state index contributed by atoms with van der Waals surface area (Å²) in [6.07, 6.45) is 1.57. The minimum atomic E-state index is -0.271. The maximum absolute atomic E-state index is 11.9. The molecule has 6 nitrogen and oxygen atoms in total. The van der Waals surface area contributed by atoms with Crippen LogP contribution in [0.1, 0.15) is 44.7 Å². The van der Waals surface area contributed by atoms with Crippen molar-refractivity contribution in [1.29, 1.82) is 0 Å². The molecule has 0 aliphatic rings. The number of carbonyl (C=O) groups is 1. The summed E-state index contributed by atoms with van der Waals surface area (Å²) in [5, 5.41) is 6.62. The Morgan fingerprint density at radius 3 is 2.39 bits per heavy atom. The van der Waals surface area contributed by atoms with Crippen LogP contribution in [-0.4, -0.2) is 31.9 Å². The molecule has 0 aliphatic heterocycles. The predicted octanol–water partition coefficient (Wildman–Crippen LogP) is 4.60. The van der Waals surface area contributed by atoms with Crippen molar-refractivity contribution >= 4 is 17.8 Å². The number of ether oxygens (including phenoxy) is 2. The standard InChI is InChI=1S/C22H28N2O4/c1-15(2)18-7-9-19(10-8-18)24-22(25)14-27-23-13-17-6-11-20(28-16(3)4)21(12-17)26-5/h6-13,15-16H,14H2,1-5H3,(H,24,25)/b23-13-. The zero-order chi connectivity index (χ0) is 20.5. The number of nitrogens with one attached hydrogen (secondary N) is 1. The van der Waals surface area contributed by atoms with Crippen LogP contribution >= 0.6 is 0 Å². The number of carbonyl (C=O) groups excluding carboxylic acids is 1. The van der Waals surface area contributed by atoms with Gasteiger partial charge in [0, 0.05) is 11.3 Å². The van der Waals surface area contributed by atoms with Crippen molar-refractivity contribution < 1.29 is 19.1 Å². The Morgan fingerprint density at radius 2 is 1.79 bits per heavy atom. The maximum Gasteiger partial charge on any atom is 0.265 e. The van der Waals surface area contributed by atoms with Crippen LogP contribution in [0.2, 0.25) is 0 Å². The second-order valence-corrected chi connectivity index (χ2v) is 6.91. The number of anilines is 1. The fourth-order valence-electron chi connectivity index (χ4n) is 2.46. The third-order valence-electron chi connectivity index (χ3n) is 3.88. The molecule has 0 spiro atoms. The molecule has 0 bridgehead atoms. The highest BCUT2D eigenvalue weighted by Crippen LogP contribution is 2.28. The highest BCUT2D eigenvalue weighted by atomic mass is 16.6. The van der Waals surface area contributed by atoms with Gasteiger partial charge in [-0.3, -0.25) is 4.79 Å². The number of benzene rings is 2. The van der Waals surface area contributed by atoms with Crippen molar-refractivity contribution in [2.45, 2.75) is 39.7 Å². The van der Waals surface area contributed by atoms with Gasteiger partial charge in [0.05, 0.1) is 19.4 Å². The Kier molecular flexibility index (Phi) is 7.87. The van der Waals surface area contributed by atoms with Gasteiger partial charge in [-0.1, -0.05) is 31.1 Å². The average molecular weight is 384 g/mol. The van der Waals surface area contributed by atoms with Gasteiger partial charge in [0.15, 0.2) is 18.1 Å². The monoisotopic (exact) mass is 384 g/mol. The third kappa shape index (κ3) is 6.61. The predicted molar refractivity (Wildman–Crippen MR) is 111 cm³/mol. The molecule has 0 unspecified atom stereocenters. The van der Waals surface area contributed by atoms with Gasteiger partial charge in [-0.25, -0.2) is 0 Å². The highest BCUT2D eigenvalue weighted by molar-refractivity contribution is 5.91. The van der Waals surface area contributed by atoms with E-state index >= 15 is 0 Å². The quantitative estimate of drug-likeness (QED) is 0.507. The first kappa shape index (κ1) is 21.3. The second-order valence-electron chi connectivity index (χ2n) is 6.91. The van der Waals surface area contributed by atoms with Crippen molar-refractivity contribution in [3.8, 4) is 11.5 Å². The number of nitrogens with zero attached hydrogens (tertiary/aromatic N) is 1. The van der Waals surface area contributed by atoms with E-state index in [2.05, 4.69) is 24.3 Å². The van der Waals surface area contributed by atoms with Crippen LogP contribution in [0, 0.1) is 0 Å². The summed E-state index contributed by atoms with van der Waals surface area (Å²) >= 11 is 0. The van der Waals surface area contributed by atoms with E-state index in [1.54, 1.807) is 13.2 Å².